The molecule has 1 fully saturated rings. The number of hydrogen-bond acceptors (Lipinski definition) is 2. The van der Waals surface area contributed by atoms with Crippen LogP contribution in [-0.4, -0.2) is 11.2 Å². The molecule has 2 aromatic carbocycles. The molecule has 0 radical (unpaired) electrons. The van der Waals surface area contributed by atoms with Crippen LogP contribution in [0.4, 0.5) is 0 Å². The molecular formula is C30H44O2. The molecule has 2 nitrogen and oxygen atoms in total. The van der Waals surface area contributed by atoms with Crippen LogP contribution >= 0.6 is 0 Å². The molecule has 1 N–H and O–H groups in total. The lowest BCUT2D eigenvalue weighted by atomic mass is 9.78. The van der Waals surface area contributed by atoms with Gasteiger partial charge in [0.2, 0.25) is 0 Å². The average molecular weight is 437 g/mol. The fourth-order valence-electron chi connectivity index (χ4n) is 5.09. The van der Waals surface area contributed by atoms with Gasteiger partial charge in [0.15, 0.2) is 0 Å². The Morgan fingerprint density at radius 1 is 0.938 bits per heavy atom. The van der Waals surface area contributed by atoms with Crippen molar-refractivity contribution in [2.24, 2.45) is 0 Å². The minimum absolute atomic E-state index is 0.136. The molecule has 0 spiro atoms. The summed E-state index contributed by atoms with van der Waals surface area (Å²) < 4.78 is 6.48. The van der Waals surface area contributed by atoms with Crippen molar-refractivity contribution < 1.29 is 9.84 Å². The predicted molar refractivity (Wildman–Crippen MR) is 135 cm³/mol. The molecule has 176 valence electrons. The van der Waals surface area contributed by atoms with Gasteiger partial charge in [-0.25, -0.2) is 0 Å². The number of hydrogen-bond donors (Lipinski definition) is 1. The highest BCUT2D eigenvalue weighted by molar-refractivity contribution is 5.42. The highest BCUT2D eigenvalue weighted by Crippen LogP contribution is 2.40. The molecule has 2 atom stereocenters. The van der Waals surface area contributed by atoms with Crippen LogP contribution < -0.4 is 4.74 Å². The molecular weight excluding hydrogens is 392 g/mol. The van der Waals surface area contributed by atoms with Crippen LogP contribution in [0.25, 0.3) is 0 Å². The number of aliphatic hydroxyl groups excluding tert-OH is 1. The minimum Gasteiger partial charge on any atom is -0.489 e. The molecule has 2 aromatic rings. The zero-order valence-corrected chi connectivity index (χ0v) is 20.6. The molecule has 1 aliphatic carbocycles. The first-order valence-corrected chi connectivity index (χ1v) is 13.0. The SMILES string of the molecule is CCCCCCC(C)(C)c1ccc([C@@H]2CCCCC[C@H](O)C2)c(OCc2ccccc2)c1. The summed E-state index contributed by atoms with van der Waals surface area (Å²) in [5.74, 6) is 1.39. The minimum atomic E-state index is -0.197. The quantitative estimate of drug-likeness (QED) is 0.379. The van der Waals surface area contributed by atoms with Gasteiger partial charge in [0, 0.05) is 0 Å². The molecule has 0 aromatic heterocycles. The Kier molecular flexibility index (Phi) is 9.66. The molecule has 0 heterocycles. The van der Waals surface area contributed by atoms with E-state index in [2.05, 4.69) is 63.2 Å². The molecule has 0 bridgehead atoms. The van der Waals surface area contributed by atoms with Crippen LogP contribution in [0, 0.1) is 0 Å². The van der Waals surface area contributed by atoms with Gasteiger partial charge in [-0.1, -0.05) is 108 Å². The molecule has 0 saturated heterocycles. The highest BCUT2D eigenvalue weighted by Gasteiger charge is 2.25. The van der Waals surface area contributed by atoms with E-state index in [1.807, 2.05) is 6.07 Å². The highest BCUT2D eigenvalue weighted by atomic mass is 16.5. The number of unbranched alkanes of at least 4 members (excludes halogenated alkanes) is 3. The van der Waals surface area contributed by atoms with E-state index in [9.17, 15) is 5.11 Å². The van der Waals surface area contributed by atoms with Gasteiger partial charge in [0.1, 0.15) is 12.4 Å². The van der Waals surface area contributed by atoms with Crippen LogP contribution in [0.1, 0.15) is 114 Å². The molecule has 1 aliphatic rings. The van der Waals surface area contributed by atoms with E-state index in [1.165, 1.54) is 61.6 Å². The van der Waals surface area contributed by atoms with Gasteiger partial charge in [0.25, 0.3) is 0 Å². The van der Waals surface area contributed by atoms with Gasteiger partial charge in [-0.05, 0) is 59.8 Å². The van der Waals surface area contributed by atoms with Crippen LogP contribution in [0.2, 0.25) is 0 Å². The lowest BCUT2D eigenvalue weighted by molar-refractivity contribution is 0.132. The Hall–Kier alpha value is -1.80. The van der Waals surface area contributed by atoms with E-state index < -0.39 is 0 Å². The van der Waals surface area contributed by atoms with Gasteiger partial charge >= 0.3 is 0 Å². The Labute approximate surface area is 196 Å². The molecule has 0 amide bonds. The van der Waals surface area contributed by atoms with Crippen LogP contribution in [0.15, 0.2) is 48.5 Å². The van der Waals surface area contributed by atoms with Crippen molar-refractivity contribution in [3.05, 3.63) is 65.2 Å². The van der Waals surface area contributed by atoms with Gasteiger partial charge in [0.05, 0.1) is 6.10 Å². The molecule has 1 saturated carbocycles. The van der Waals surface area contributed by atoms with Crippen molar-refractivity contribution >= 4 is 0 Å². The first-order valence-electron chi connectivity index (χ1n) is 13.0. The van der Waals surface area contributed by atoms with Crippen molar-refractivity contribution in [2.75, 3.05) is 0 Å². The summed E-state index contributed by atoms with van der Waals surface area (Å²) in [5.41, 5.74) is 3.98. The van der Waals surface area contributed by atoms with Crippen LogP contribution in [0.3, 0.4) is 0 Å². The summed E-state index contributed by atoms with van der Waals surface area (Å²) >= 11 is 0. The largest absolute Gasteiger partial charge is 0.489 e. The average Bonchev–Trinajstić information content (AvgIpc) is 2.78. The van der Waals surface area contributed by atoms with E-state index in [-0.39, 0.29) is 11.5 Å². The number of ether oxygens (including phenoxy) is 1. The number of aliphatic hydroxyl groups is 1. The molecule has 3 rings (SSSR count). The third-order valence-corrected chi connectivity index (χ3v) is 7.27. The second-order valence-corrected chi connectivity index (χ2v) is 10.4. The van der Waals surface area contributed by atoms with E-state index in [1.54, 1.807) is 0 Å². The first kappa shape index (κ1) is 24.8. The van der Waals surface area contributed by atoms with Gasteiger partial charge in [-0.15, -0.1) is 0 Å². The number of rotatable bonds is 10. The topological polar surface area (TPSA) is 29.5 Å². The van der Waals surface area contributed by atoms with Crippen LogP contribution in [0.5, 0.6) is 5.75 Å². The Bertz CT molecular complexity index is 796. The van der Waals surface area contributed by atoms with E-state index >= 15 is 0 Å². The smallest absolute Gasteiger partial charge is 0.123 e. The van der Waals surface area contributed by atoms with Gasteiger partial charge < -0.3 is 9.84 Å². The monoisotopic (exact) mass is 436 g/mol. The van der Waals surface area contributed by atoms with Crippen molar-refractivity contribution in [2.45, 2.75) is 115 Å². The summed E-state index contributed by atoms with van der Waals surface area (Å²) in [5, 5.41) is 10.5. The third kappa shape index (κ3) is 7.37. The maximum absolute atomic E-state index is 10.5. The van der Waals surface area contributed by atoms with Crippen molar-refractivity contribution in [1.82, 2.24) is 0 Å². The first-order chi connectivity index (χ1) is 15.5. The fraction of sp³-hybridized carbons (Fsp3) is 0.600. The lowest BCUT2D eigenvalue weighted by Gasteiger charge is -2.29. The second-order valence-electron chi connectivity index (χ2n) is 10.4. The molecule has 32 heavy (non-hydrogen) atoms. The third-order valence-electron chi connectivity index (χ3n) is 7.27. The molecule has 2 heteroatoms. The normalized spacial score (nSPS) is 19.9. The van der Waals surface area contributed by atoms with Gasteiger partial charge in [-0.3, -0.25) is 0 Å². The fourth-order valence-corrected chi connectivity index (χ4v) is 5.09. The van der Waals surface area contributed by atoms with E-state index in [4.69, 9.17) is 4.74 Å². The Morgan fingerprint density at radius 3 is 2.50 bits per heavy atom. The van der Waals surface area contributed by atoms with Crippen molar-refractivity contribution in [3.63, 3.8) is 0 Å². The summed E-state index contributed by atoms with van der Waals surface area (Å²) in [6, 6.07) is 17.4. The van der Waals surface area contributed by atoms with Gasteiger partial charge in [-0.2, -0.15) is 0 Å². The predicted octanol–water partition coefficient (Wildman–Crippen LogP) is 8.31. The zero-order valence-electron chi connectivity index (χ0n) is 20.6. The second kappa shape index (κ2) is 12.4. The molecule has 0 unspecified atom stereocenters. The maximum Gasteiger partial charge on any atom is 0.123 e. The lowest BCUT2D eigenvalue weighted by Crippen LogP contribution is -2.19. The summed E-state index contributed by atoms with van der Waals surface area (Å²) in [6.45, 7) is 7.60. The van der Waals surface area contributed by atoms with E-state index in [0.29, 0.717) is 12.5 Å². The number of benzene rings is 2. The maximum atomic E-state index is 10.5. The standard InChI is InChI=1S/C30H44O2/c1-4-5-6-13-20-30(2,3)26-18-19-28(25-16-11-8-12-17-27(31)21-25)29(22-26)32-23-24-14-9-7-10-15-24/h7,9-10,14-15,18-19,22,25,27,31H,4-6,8,11-13,16-17,20-21,23H2,1-3H3/t25-,27+/m1/s1. The summed E-state index contributed by atoms with van der Waals surface area (Å²) in [6.07, 6.45) is 12.7. The zero-order chi connectivity index (χ0) is 22.8. The van der Waals surface area contributed by atoms with Crippen molar-refractivity contribution in [3.8, 4) is 5.75 Å². The summed E-state index contributed by atoms with van der Waals surface area (Å²) in [7, 11) is 0. The Morgan fingerprint density at radius 2 is 1.72 bits per heavy atom. The van der Waals surface area contributed by atoms with Crippen LogP contribution in [-0.2, 0) is 12.0 Å². The Balaban J connectivity index is 1.84. The van der Waals surface area contributed by atoms with Crippen molar-refractivity contribution in [1.29, 1.82) is 0 Å². The van der Waals surface area contributed by atoms with E-state index in [0.717, 1.165) is 31.4 Å². The summed E-state index contributed by atoms with van der Waals surface area (Å²) in [4.78, 5) is 0. The molecule has 0 aliphatic heterocycles.